The Bertz CT molecular complexity index is 298. The third-order valence-electron chi connectivity index (χ3n) is 2.90. The number of carboxylic acid groups (broad SMARTS) is 2. The molecule has 0 heterocycles. The van der Waals surface area contributed by atoms with Crippen LogP contribution in [-0.4, -0.2) is 22.2 Å². The van der Waals surface area contributed by atoms with E-state index in [1.54, 1.807) is 19.9 Å². The van der Waals surface area contributed by atoms with Gasteiger partial charge in [0.1, 0.15) is 0 Å². The van der Waals surface area contributed by atoms with E-state index in [0.29, 0.717) is 5.57 Å². The fraction of sp³-hybridized carbons (Fsp3) is 0.667. The highest BCUT2D eigenvalue weighted by Gasteiger charge is 1.93. The second-order valence-corrected chi connectivity index (χ2v) is 4.94. The molecular weight excluding hydrogens is 280 g/mol. The molecule has 0 saturated carbocycles. The number of carboxylic acids is 2. The monoisotopic (exact) mass is 314 g/mol. The van der Waals surface area contributed by atoms with Crippen molar-refractivity contribution in [1.29, 1.82) is 0 Å². The molecule has 0 fully saturated rings. The Labute approximate surface area is 135 Å². The van der Waals surface area contributed by atoms with Gasteiger partial charge in [-0.25, -0.2) is 9.59 Å². The van der Waals surface area contributed by atoms with Crippen molar-refractivity contribution in [2.75, 3.05) is 0 Å². The van der Waals surface area contributed by atoms with Gasteiger partial charge in [0.15, 0.2) is 0 Å². The summed E-state index contributed by atoms with van der Waals surface area (Å²) in [6, 6.07) is 0. The predicted molar refractivity (Wildman–Crippen MR) is 93.2 cm³/mol. The lowest BCUT2D eigenvalue weighted by molar-refractivity contribution is -0.133. The van der Waals surface area contributed by atoms with E-state index in [0.717, 1.165) is 6.08 Å². The minimum atomic E-state index is -0.981. The largest absolute Gasteiger partial charge is 0.478 e. The van der Waals surface area contributed by atoms with Crippen molar-refractivity contribution in [2.24, 2.45) is 0 Å². The first-order valence-corrected chi connectivity index (χ1v) is 8.08. The smallest absolute Gasteiger partial charge is 0.330 e. The van der Waals surface area contributed by atoms with Gasteiger partial charge in [0.2, 0.25) is 0 Å². The van der Waals surface area contributed by atoms with Gasteiger partial charge in [0.05, 0.1) is 0 Å². The second kappa shape index (κ2) is 21.7. The first-order chi connectivity index (χ1) is 10.4. The Hall–Kier alpha value is -1.58. The molecule has 0 bridgehead atoms. The molecule has 0 spiro atoms. The fourth-order valence-electron chi connectivity index (χ4n) is 1.33. The maximum Gasteiger partial charge on any atom is 0.330 e. The van der Waals surface area contributed by atoms with Crippen molar-refractivity contribution >= 4 is 11.9 Å². The van der Waals surface area contributed by atoms with Crippen LogP contribution in [0.3, 0.4) is 0 Å². The highest BCUT2D eigenvalue weighted by molar-refractivity contribution is 5.85. The van der Waals surface area contributed by atoms with Crippen LogP contribution in [0.4, 0.5) is 0 Å². The third-order valence-corrected chi connectivity index (χ3v) is 2.90. The average molecular weight is 314 g/mol. The van der Waals surface area contributed by atoms with Gasteiger partial charge in [-0.15, -0.1) is 0 Å². The molecule has 0 atom stereocenters. The third kappa shape index (κ3) is 31.0. The van der Waals surface area contributed by atoms with E-state index in [2.05, 4.69) is 20.4 Å². The molecule has 0 aliphatic carbocycles. The number of carbonyl (C=O) groups is 2. The number of allylic oxidation sites excluding steroid dienone is 1. The predicted octanol–water partition coefficient (Wildman–Crippen LogP) is 5.44. The van der Waals surface area contributed by atoms with E-state index in [1.807, 2.05) is 0 Å². The molecular formula is C18H34O4. The summed E-state index contributed by atoms with van der Waals surface area (Å²) in [5, 5.41) is 15.7. The van der Waals surface area contributed by atoms with Crippen LogP contribution < -0.4 is 0 Å². The van der Waals surface area contributed by atoms with Gasteiger partial charge in [-0.1, -0.05) is 77.9 Å². The first kappa shape index (κ1) is 25.4. The zero-order valence-electron chi connectivity index (χ0n) is 14.7. The summed E-state index contributed by atoms with van der Waals surface area (Å²) in [4.78, 5) is 19.1. The maximum absolute atomic E-state index is 9.86. The number of hydrogen-bond donors (Lipinski definition) is 2. The molecule has 22 heavy (non-hydrogen) atoms. The lowest BCUT2D eigenvalue weighted by atomic mass is 10.1. The molecule has 0 aromatic rings. The van der Waals surface area contributed by atoms with Gasteiger partial charge in [0.25, 0.3) is 0 Å². The van der Waals surface area contributed by atoms with Crippen molar-refractivity contribution in [1.82, 2.24) is 0 Å². The molecule has 130 valence electrons. The Morgan fingerprint density at radius 3 is 1.36 bits per heavy atom. The molecule has 0 amide bonds. The topological polar surface area (TPSA) is 74.6 Å². The summed E-state index contributed by atoms with van der Waals surface area (Å²) in [5.74, 6) is -1.83. The number of hydrogen-bond acceptors (Lipinski definition) is 2. The van der Waals surface area contributed by atoms with Crippen LogP contribution in [0.25, 0.3) is 0 Å². The lowest BCUT2D eigenvalue weighted by Crippen LogP contribution is -1.93. The highest BCUT2D eigenvalue weighted by atomic mass is 16.4. The fourth-order valence-corrected chi connectivity index (χ4v) is 1.33. The van der Waals surface area contributed by atoms with Crippen molar-refractivity contribution in [3.05, 3.63) is 24.3 Å². The lowest BCUT2D eigenvalue weighted by Gasteiger charge is -1.97. The van der Waals surface area contributed by atoms with Gasteiger partial charge in [-0.2, -0.15) is 0 Å². The Morgan fingerprint density at radius 1 is 0.909 bits per heavy atom. The molecule has 4 nitrogen and oxygen atoms in total. The van der Waals surface area contributed by atoms with E-state index in [1.165, 1.54) is 51.4 Å². The molecule has 0 aliphatic heterocycles. The van der Waals surface area contributed by atoms with E-state index < -0.39 is 11.9 Å². The Morgan fingerprint density at radius 2 is 1.23 bits per heavy atom. The zero-order valence-corrected chi connectivity index (χ0v) is 14.7. The summed E-state index contributed by atoms with van der Waals surface area (Å²) in [7, 11) is 0. The quantitative estimate of drug-likeness (QED) is 0.439. The first-order valence-electron chi connectivity index (χ1n) is 8.08. The van der Waals surface area contributed by atoms with Crippen LogP contribution in [0.2, 0.25) is 0 Å². The normalized spacial score (nSPS) is 9.73. The summed E-state index contributed by atoms with van der Waals surface area (Å²) >= 11 is 0. The Balaban J connectivity index is -0.000000263. The van der Waals surface area contributed by atoms with Gasteiger partial charge in [-0.3, -0.25) is 0 Å². The highest BCUT2D eigenvalue weighted by Crippen LogP contribution is 2.07. The van der Waals surface area contributed by atoms with Gasteiger partial charge < -0.3 is 10.2 Å². The maximum atomic E-state index is 9.86. The standard InChI is InChI=1S/C10H22.C5H8O2.C3H4O2/c1-3-5-7-9-10-8-6-4-2;1-3-4(2)5(6)7;1-2-3(4)5/h3-10H2,1-2H3;3H,1-2H3,(H,6,7);2H,1H2,(H,4,5). The molecule has 0 unspecified atom stereocenters. The number of unbranched alkanes of at least 4 members (excludes halogenated alkanes) is 7. The van der Waals surface area contributed by atoms with Crippen molar-refractivity contribution < 1.29 is 19.8 Å². The van der Waals surface area contributed by atoms with Crippen molar-refractivity contribution in [2.45, 2.75) is 79.1 Å². The number of rotatable bonds is 9. The summed E-state index contributed by atoms with van der Waals surface area (Å²) in [6.45, 7) is 10.8. The van der Waals surface area contributed by atoms with Crippen molar-refractivity contribution in [3.63, 3.8) is 0 Å². The molecule has 0 aromatic heterocycles. The molecule has 0 rings (SSSR count). The molecule has 2 N–H and O–H groups in total. The van der Waals surface area contributed by atoms with E-state index in [9.17, 15) is 9.59 Å². The van der Waals surface area contributed by atoms with Crippen molar-refractivity contribution in [3.8, 4) is 0 Å². The van der Waals surface area contributed by atoms with Crippen LogP contribution in [0.5, 0.6) is 0 Å². The summed E-state index contributed by atoms with van der Waals surface area (Å²) in [5.41, 5.74) is 0.389. The molecule has 0 saturated heterocycles. The van der Waals surface area contributed by atoms with Gasteiger partial charge >= 0.3 is 11.9 Å². The molecule has 4 heteroatoms. The minimum Gasteiger partial charge on any atom is -0.478 e. The molecule has 0 aliphatic rings. The van der Waals surface area contributed by atoms with Crippen LogP contribution >= 0.6 is 0 Å². The summed E-state index contributed by atoms with van der Waals surface area (Å²) < 4.78 is 0. The molecule has 0 radical (unpaired) electrons. The zero-order chi connectivity index (χ0) is 17.8. The van der Waals surface area contributed by atoms with Gasteiger partial charge in [-0.05, 0) is 13.8 Å². The summed E-state index contributed by atoms with van der Waals surface area (Å²) in [6.07, 6.45) is 13.9. The van der Waals surface area contributed by atoms with Crippen LogP contribution in [0, 0.1) is 0 Å². The van der Waals surface area contributed by atoms with E-state index in [-0.39, 0.29) is 0 Å². The minimum absolute atomic E-state index is 0.389. The van der Waals surface area contributed by atoms with Gasteiger partial charge in [0, 0.05) is 11.6 Å². The van der Waals surface area contributed by atoms with E-state index in [4.69, 9.17) is 10.2 Å². The van der Waals surface area contributed by atoms with Crippen LogP contribution in [0.15, 0.2) is 24.3 Å². The average Bonchev–Trinajstić information content (AvgIpc) is 2.51. The van der Waals surface area contributed by atoms with Crippen LogP contribution in [0.1, 0.15) is 79.1 Å². The van der Waals surface area contributed by atoms with Crippen LogP contribution in [-0.2, 0) is 9.59 Å². The molecule has 0 aromatic carbocycles. The second-order valence-electron chi connectivity index (χ2n) is 4.94. The SMILES string of the molecule is C=CC(=O)O.CC=C(C)C(=O)O.CCCCCCCCCC. The number of aliphatic carboxylic acids is 2. The van der Waals surface area contributed by atoms with E-state index >= 15 is 0 Å². The Kier molecular flexibility index (Phi) is 25.0.